The van der Waals surface area contributed by atoms with Gasteiger partial charge in [0.1, 0.15) is 6.04 Å². The molecule has 0 radical (unpaired) electrons. The first kappa shape index (κ1) is 23.9. The molecule has 0 bridgehead atoms. The quantitative estimate of drug-likeness (QED) is 0.425. The van der Waals surface area contributed by atoms with Crippen molar-refractivity contribution < 1.29 is 14.4 Å². The molecular weight excluding hydrogens is 458 g/mol. The molecule has 3 amide bonds. The van der Waals surface area contributed by atoms with Gasteiger partial charge in [-0.3, -0.25) is 19.7 Å². The lowest BCUT2D eigenvalue weighted by Gasteiger charge is -2.29. The molecule has 2 aromatic rings. The van der Waals surface area contributed by atoms with E-state index in [1.807, 2.05) is 12.1 Å². The zero-order chi connectivity index (χ0) is 24.2. The first-order valence-corrected chi connectivity index (χ1v) is 13.8. The molecular formula is C28H33N3O3S. The number of anilines is 1. The third kappa shape index (κ3) is 5.56. The van der Waals surface area contributed by atoms with Crippen LogP contribution in [-0.2, 0) is 21.9 Å². The summed E-state index contributed by atoms with van der Waals surface area (Å²) in [5.74, 6) is 0.0500. The van der Waals surface area contributed by atoms with Crippen LogP contribution in [0.4, 0.5) is 5.69 Å². The number of nitrogens with one attached hydrogen (secondary N) is 2. The number of hydrogen-bond donors (Lipinski definition) is 2. The number of benzene rings is 2. The summed E-state index contributed by atoms with van der Waals surface area (Å²) in [5, 5.41) is 6.13. The molecule has 184 valence electrons. The van der Waals surface area contributed by atoms with Crippen molar-refractivity contribution in [1.82, 2.24) is 10.2 Å². The average molecular weight is 492 g/mol. The van der Waals surface area contributed by atoms with Crippen LogP contribution < -0.4 is 10.6 Å². The second-order valence-corrected chi connectivity index (χ2v) is 10.9. The minimum Gasteiger partial charge on any atom is -0.382 e. The van der Waals surface area contributed by atoms with Gasteiger partial charge in [0, 0.05) is 40.9 Å². The van der Waals surface area contributed by atoms with Gasteiger partial charge in [-0.25, -0.2) is 0 Å². The Labute approximate surface area is 211 Å². The monoisotopic (exact) mass is 491 g/mol. The summed E-state index contributed by atoms with van der Waals surface area (Å²) in [6, 6.07) is 14.5. The van der Waals surface area contributed by atoms with Crippen molar-refractivity contribution in [1.29, 1.82) is 0 Å². The molecule has 6 nitrogen and oxygen atoms in total. The van der Waals surface area contributed by atoms with E-state index in [9.17, 15) is 14.4 Å². The molecule has 2 aromatic carbocycles. The van der Waals surface area contributed by atoms with Crippen LogP contribution in [0.3, 0.4) is 0 Å². The van der Waals surface area contributed by atoms with Crippen molar-refractivity contribution in [3.8, 4) is 0 Å². The van der Waals surface area contributed by atoms with Crippen LogP contribution in [0.1, 0.15) is 79.3 Å². The van der Waals surface area contributed by atoms with Crippen molar-refractivity contribution in [3.05, 3.63) is 59.2 Å². The van der Waals surface area contributed by atoms with Crippen LogP contribution >= 0.6 is 11.8 Å². The number of piperidine rings is 1. The van der Waals surface area contributed by atoms with Gasteiger partial charge in [-0.1, -0.05) is 50.3 Å². The van der Waals surface area contributed by atoms with Gasteiger partial charge < -0.3 is 10.2 Å². The SMILES string of the molecule is O=C1CCC(N2Cc3c(SCc4cccc(NC5CCCCCCC5)c4)cccc3C2=O)C(=O)N1. The Hall–Kier alpha value is -2.80. The van der Waals surface area contributed by atoms with Gasteiger partial charge in [0.2, 0.25) is 11.8 Å². The van der Waals surface area contributed by atoms with Crippen molar-refractivity contribution in [3.63, 3.8) is 0 Å². The lowest BCUT2D eigenvalue weighted by atomic mass is 9.96. The zero-order valence-corrected chi connectivity index (χ0v) is 20.9. The lowest BCUT2D eigenvalue weighted by molar-refractivity contribution is -0.136. The lowest BCUT2D eigenvalue weighted by Crippen LogP contribution is -2.52. The van der Waals surface area contributed by atoms with E-state index >= 15 is 0 Å². The van der Waals surface area contributed by atoms with Gasteiger partial charge in [0.15, 0.2) is 0 Å². The zero-order valence-electron chi connectivity index (χ0n) is 20.1. The van der Waals surface area contributed by atoms with E-state index < -0.39 is 6.04 Å². The smallest absolute Gasteiger partial charge is 0.255 e. The highest BCUT2D eigenvalue weighted by Gasteiger charge is 2.39. The molecule has 35 heavy (non-hydrogen) atoms. The van der Waals surface area contributed by atoms with Crippen LogP contribution in [0.15, 0.2) is 47.4 Å². The number of carbonyl (C=O) groups excluding carboxylic acids is 3. The summed E-state index contributed by atoms with van der Waals surface area (Å²) < 4.78 is 0. The first-order chi connectivity index (χ1) is 17.1. The highest BCUT2D eigenvalue weighted by Crippen LogP contribution is 2.36. The number of carbonyl (C=O) groups is 3. The largest absolute Gasteiger partial charge is 0.382 e. The van der Waals surface area contributed by atoms with E-state index in [4.69, 9.17) is 0 Å². The highest BCUT2D eigenvalue weighted by atomic mass is 32.2. The Morgan fingerprint density at radius 1 is 0.943 bits per heavy atom. The normalized spacial score (nSPS) is 21.3. The van der Waals surface area contributed by atoms with Gasteiger partial charge in [0.25, 0.3) is 5.91 Å². The van der Waals surface area contributed by atoms with Gasteiger partial charge in [-0.05, 0) is 54.7 Å². The molecule has 1 saturated heterocycles. The standard InChI is InChI=1S/C28H33N3O3S/c32-26-15-14-24(27(33)30-26)31-17-23-22(28(31)34)12-7-13-25(23)35-18-19-8-6-11-21(16-19)29-20-9-4-2-1-3-5-10-20/h6-8,11-13,16,20,24,29H,1-5,9-10,14-15,17-18H2,(H,30,32,33). The molecule has 1 saturated carbocycles. The van der Waals surface area contributed by atoms with Crippen LogP contribution in [0.25, 0.3) is 0 Å². The van der Waals surface area contributed by atoms with Crippen LogP contribution in [-0.4, -0.2) is 34.7 Å². The number of thioether (sulfide) groups is 1. The number of amides is 3. The Bertz CT molecular complexity index is 1110. The summed E-state index contributed by atoms with van der Waals surface area (Å²) in [6.07, 6.45) is 9.82. The van der Waals surface area contributed by atoms with E-state index in [1.165, 1.54) is 56.2 Å². The number of hydrogen-bond acceptors (Lipinski definition) is 5. The molecule has 7 heteroatoms. The fourth-order valence-electron chi connectivity index (χ4n) is 5.44. The molecule has 1 unspecified atom stereocenters. The molecule has 2 N–H and O–H groups in total. The number of fused-ring (bicyclic) bond motifs is 1. The first-order valence-electron chi connectivity index (χ1n) is 12.8. The molecule has 1 aliphatic carbocycles. The Balaban J connectivity index is 1.24. The number of imide groups is 1. The van der Waals surface area contributed by atoms with Crippen molar-refractivity contribution in [2.24, 2.45) is 0 Å². The Kier molecular flexibility index (Phi) is 7.42. The molecule has 2 aliphatic heterocycles. The van der Waals surface area contributed by atoms with E-state index in [1.54, 1.807) is 16.7 Å². The minimum atomic E-state index is -0.582. The second-order valence-electron chi connectivity index (χ2n) is 9.86. The Morgan fingerprint density at radius 2 is 1.71 bits per heavy atom. The third-order valence-electron chi connectivity index (χ3n) is 7.34. The van der Waals surface area contributed by atoms with Crippen molar-refractivity contribution in [2.75, 3.05) is 5.32 Å². The van der Waals surface area contributed by atoms with Gasteiger partial charge in [-0.15, -0.1) is 11.8 Å². The maximum absolute atomic E-state index is 13.1. The summed E-state index contributed by atoms with van der Waals surface area (Å²) in [5.41, 5.74) is 4.08. The average Bonchev–Trinajstić information content (AvgIpc) is 3.16. The van der Waals surface area contributed by atoms with Crippen LogP contribution in [0.2, 0.25) is 0 Å². The van der Waals surface area contributed by atoms with E-state index in [-0.39, 0.29) is 24.1 Å². The molecule has 5 rings (SSSR count). The molecule has 2 heterocycles. The van der Waals surface area contributed by atoms with E-state index in [2.05, 4.69) is 41.0 Å². The Morgan fingerprint density at radius 3 is 2.51 bits per heavy atom. The van der Waals surface area contributed by atoms with Gasteiger partial charge in [-0.2, -0.15) is 0 Å². The topological polar surface area (TPSA) is 78.5 Å². The predicted octanol–water partition coefficient (Wildman–Crippen LogP) is 5.26. The van der Waals surface area contributed by atoms with Crippen molar-refractivity contribution in [2.45, 2.75) is 87.1 Å². The summed E-state index contributed by atoms with van der Waals surface area (Å²) >= 11 is 1.73. The molecule has 3 aliphatic rings. The third-order valence-corrected chi connectivity index (χ3v) is 8.51. The molecule has 2 fully saturated rings. The van der Waals surface area contributed by atoms with Crippen LogP contribution in [0.5, 0.6) is 0 Å². The minimum absolute atomic E-state index is 0.123. The number of nitrogens with zero attached hydrogens (tertiary/aromatic N) is 1. The maximum atomic E-state index is 13.1. The van der Waals surface area contributed by atoms with Crippen LogP contribution in [0, 0.1) is 0 Å². The molecule has 0 aromatic heterocycles. The summed E-state index contributed by atoms with van der Waals surface area (Å²) in [4.78, 5) is 39.7. The van der Waals surface area contributed by atoms with Crippen molar-refractivity contribution >= 4 is 35.2 Å². The summed E-state index contributed by atoms with van der Waals surface area (Å²) in [7, 11) is 0. The van der Waals surface area contributed by atoms with Gasteiger partial charge >= 0.3 is 0 Å². The van der Waals surface area contributed by atoms with E-state index in [0.717, 1.165) is 16.2 Å². The molecule has 0 spiro atoms. The predicted molar refractivity (Wildman–Crippen MR) is 138 cm³/mol. The summed E-state index contributed by atoms with van der Waals surface area (Å²) in [6.45, 7) is 0.410. The second kappa shape index (κ2) is 10.9. The molecule has 1 atom stereocenters. The fourth-order valence-corrected chi connectivity index (χ4v) is 6.47. The number of rotatable bonds is 6. The fraction of sp³-hybridized carbons (Fsp3) is 0.464. The highest BCUT2D eigenvalue weighted by molar-refractivity contribution is 7.98. The maximum Gasteiger partial charge on any atom is 0.255 e. The van der Waals surface area contributed by atoms with Gasteiger partial charge in [0.05, 0.1) is 0 Å². The van der Waals surface area contributed by atoms with E-state index in [0.29, 0.717) is 24.6 Å².